The van der Waals surface area contributed by atoms with Crippen LogP contribution in [0.1, 0.15) is 33.1 Å². The third-order valence-corrected chi connectivity index (χ3v) is 5.99. The highest BCUT2D eigenvalue weighted by Gasteiger charge is 2.28. The Kier molecular flexibility index (Phi) is 7.45. The van der Waals surface area contributed by atoms with Crippen molar-refractivity contribution in [3.8, 4) is 16.9 Å². The Labute approximate surface area is 194 Å². The first kappa shape index (κ1) is 23.1. The molecule has 6 nitrogen and oxygen atoms in total. The van der Waals surface area contributed by atoms with Crippen molar-refractivity contribution in [3.63, 3.8) is 0 Å². The summed E-state index contributed by atoms with van der Waals surface area (Å²) < 4.78 is 11.8. The molecule has 174 valence electrons. The number of hydrogen-bond donors (Lipinski definition) is 1. The molecule has 33 heavy (non-hydrogen) atoms. The maximum absolute atomic E-state index is 12.9. The van der Waals surface area contributed by atoms with Gasteiger partial charge >= 0.3 is 0 Å². The predicted octanol–water partition coefficient (Wildman–Crippen LogP) is 4.47. The first-order valence-electron chi connectivity index (χ1n) is 11.8. The van der Waals surface area contributed by atoms with Gasteiger partial charge in [-0.3, -0.25) is 14.5 Å². The molecular formula is C27H32N2O4. The van der Waals surface area contributed by atoms with Gasteiger partial charge in [0.25, 0.3) is 0 Å². The third kappa shape index (κ3) is 6.02. The number of carbonyl (C=O) groups is 1. The van der Waals surface area contributed by atoms with E-state index >= 15 is 0 Å². The summed E-state index contributed by atoms with van der Waals surface area (Å²) in [5.74, 6) is 0.822. The van der Waals surface area contributed by atoms with Crippen LogP contribution in [0.4, 0.5) is 0 Å². The van der Waals surface area contributed by atoms with Gasteiger partial charge in [-0.2, -0.15) is 0 Å². The van der Waals surface area contributed by atoms with E-state index in [4.69, 9.17) is 9.15 Å². The molecule has 0 spiro atoms. The smallest absolute Gasteiger partial charge is 0.222 e. The highest BCUT2D eigenvalue weighted by Crippen LogP contribution is 2.27. The number of hydrogen-bond acceptors (Lipinski definition) is 5. The Morgan fingerprint density at radius 2 is 1.94 bits per heavy atom. The average Bonchev–Trinajstić information content (AvgIpc) is 3.66. The van der Waals surface area contributed by atoms with Gasteiger partial charge in [0, 0.05) is 37.7 Å². The van der Waals surface area contributed by atoms with Gasteiger partial charge in [-0.15, -0.1) is 0 Å². The zero-order valence-electron chi connectivity index (χ0n) is 19.4. The normalized spacial score (nSPS) is 13.6. The fourth-order valence-electron chi connectivity index (χ4n) is 3.91. The van der Waals surface area contributed by atoms with Gasteiger partial charge in [0.05, 0.1) is 10.9 Å². The van der Waals surface area contributed by atoms with Crippen molar-refractivity contribution < 1.29 is 13.9 Å². The van der Waals surface area contributed by atoms with Gasteiger partial charge in [-0.1, -0.05) is 44.2 Å². The van der Waals surface area contributed by atoms with Crippen molar-refractivity contribution in [2.75, 3.05) is 26.2 Å². The quantitative estimate of drug-likeness (QED) is 0.439. The average molecular weight is 449 g/mol. The molecule has 2 aromatic carbocycles. The summed E-state index contributed by atoms with van der Waals surface area (Å²) in [5.41, 5.74) is 1.88. The second kappa shape index (κ2) is 10.7. The molecule has 0 unspecified atom stereocenters. The summed E-state index contributed by atoms with van der Waals surface area (Å²) in [6.45, 7) is 6.86. The molecule has 0 atom stereocenters. The highest BCUT2D eigenvalue weighted by molar-refractivity contribution is 5.82. The zero-order valence-corrected chi connectivity index (χ0v) is 19.4. The molecule has 6 heteroatoms. The van der Waals surface area contributed by atoms with Crippen LogP contribution >= 0.6 is 0 Å². The lowest BCUT2D eigenvalue weighted by Gasteiger charge is -2.22. The Hall–Kier alpha value is -3.12. The first-order chi connectivity index (χ1) is 16.0. The zero-order chi connectivity index (χ0) is 23.2. The molecule has 1 aliphatic carbocycles. The van der Waals surface area contributed by atoms with Crippen LogP contribution in [0.15, 0.2) is 64.0 Å². The second-order valence-corrected chi connectivity index (χ2v) is 8.92. The lowest BCUT2D eigenvalue weighted by molar-refractivity contribution is -0.123. The number of amides is 1. The number of nitrogens with zero attached hydrogens (tertiary/aromatic N) is 1. The molecular weight excluding hydrogens is 416 g/mol. The standard InChI is InChI=1S/C27H32N2O4/c1-19(2)27(31)28-13-6-14-29(21-9-10-21)15-16-32-22-11-12-23-25(17-22)33-18-24(26(23)30)20-7-4-3-5-8-20/h3-5,7-8,11-12,17-19,21H,6,9-10,13-16H2,1-2H3,(H,28,31). The van der Waals surface area contributed by atoms with E-state index in [9.17, 15) is 9.59 Å². The van der Waals surface area contributed by atoms with E-state index in [0.29, 0.717) is 41.5 Å². The van der Waals surface area contributed by atoms with E-state index in [1.165, 1.54) is 19.1 Å². The molecule has 1 amide bonds. The van der Waals surface area contributed by atoms with Gasteiger partial charge < -0.3 is 14.5 Å². The topological polar surface area (TPSA) is 71.8 Å². The molecule has 0 saturated heterocycles. The first-order valence-corrected chi connectivity index (χ1v) is 11.8. The second-order valence-electron chi connectivity index (χ2n) is 8.92. The molecule has 3 aromatic rings. The maximum Gasteiger partial charge on any atom is 0.222 e. The van der Waals surface area contributed by atoms with Crippen LogP contribution in [0.3, 0.4) is 0 Å². The van der Waals surface area contributed by atoms with Gasteiger partial charge in [-0.25, -0.2) is 0 Å². The van der Waals surface area contributed by atoms with E-state index in [0.717, 1.165) is 25.1 Å². The summed E-state index contributed by atoms with van der Waals surface area (Å²) in [6.07, 6.45) is 4.91. The van der Waals surface area contributed by atoms with Crippen LogP contribution in [-0.4, -0.2) is 43.1 Å². The van der Waals surface area contributed by atoms with Crippen LogP contribution in [0.2, 0.25) is 0 Å². The number of fused-ring (bicyclic) bond motifs is 1. The van der Waals surface area contributed by atoms with Crippen LogP contribution in [0, 0.1) is 5.92 Å². The Balaban J connectivity index is 1.32. The van der Waals surface area contributed by atoms with E-state index in [1.807, 2.05) is 50.2 Å². The van der Waals surface area contributed by atoms with Crippen molar-refractivity contribution in [1.29, 1.82) is 0 Å². The molecule has 0 bridgehead atoms. The largest absolute Gasteiger partial charge is 0.492 e. The maximum atomic E-state index is 12.9. The van der Waals surface area contributed by atoms with Gasteiger partial charge in [-0.05, 0) is 37.0 Å². The minimum Gasteiger partial charge on any atom is -0.492 e. The van der Waals surface area contributed by atoms with E-state index < -0.39 is 0 Å². The third-order valence-electron chi connectivity index (χ3n) is 5.99. The predicted molar refractivity (Wildman–Crippen MR) is 130 cm³/mol. The summed E-state index contributed by atoms with van der Waals surface area (Å²) in [5, 5.41) is 3.53. The molecule has 0 radical (unpaired) electrons. The molecule has 1 fully saturated rings. The van der Waals surface area contributed by atoms with Crippen LogP contribution in [0.5, 0.6) is 5.75 Å². The van der Waals surface area contributed by atoms with Crippen molar-refractivity contribution in [1.82, 2.24) is 10.2 Å². The summed E-state index contributed by atoms with van der Waals surface area (Å²) in [4.78, 5) is 27.0. The molecule has 1 N–H and O–H groups in total. The minimum absolute atomic E-state index is 0.0224. The van der Waals surface area contributed by atoms with Crippen LogP contribution in [0.25, 0.3) is 22.1 Å². The van der Waals surface area contributed by atoms with Crippen molar-refractivity contribution >= 4 is 16.9 Å². The monoisotopic (exact) mass is 448 g/mol. The Morgan fingerprint density at radius 3 is 2.67 bits per heavy atom. The number of carbonyl (C=O) groups excluding carboxylic acids is 1. The molecule has 1 aliphatic rings. The summed E-state index contributed by atoms with van der Waals surface area (Å²) >= 11 is 0. The molecule has 0 aliphatic heterocycles. The van der Waals surface area contributed by atoms with Crippen LogP contribution < -0.4 is 15.5 Å². The van der Waals surface area contributed by atoms with Crippen molar-refractivity contribution in [2.24, 2.45) is 5.92 Å². The van der Waals surface area contributed by atoms with Crippen molar-refractivity contribution in [3.05, 3.63) is 65.0 Å². The lowest BCUT2D eigenvalue weighted by atomic mass is 10.1. The van der Waals surface area contributed by atoms with E-state index in [2.05, 4.69) is 10.2 Å². The number of nitrogens with one attached hydrogen (secondary N) is 1. The fraction of sp³-hybridized carbons (Fsp3) is 0.407. The fourth-order valence-corrected chi connectivity index (χ4v) is 3.91. The number of ether oxygens (including phenoxy) is 1. The van der Waals surface area contributed by atoms with Gasteiger partial charge in [0.1, 0.15) is 24.2 Å². The SMILES string of the molecule is CC(C)C(=O)NCCCN(CCOc1ccc2c(=O)c(-c3ccccc3)coc2c1)C1CC1. The van der Waals surface area contributed by atoms with E-state index in [1.54, 1.807) is 12.1 Å². The summed E-state index contributed by atoms with van der Waals surface area (Å²) in [6, 6.07) is 15.6. The van der Waals surface area contributed by atoms with Crippen molar-refractivity contribution in [2.45, 2.75) is 39.2 Å². The van der Waals surface area contributed by atoms with Gasteiger partial charge in [0.2, 0.25) is 5.91 Å². The summed E-state index contributed by atoms with van der Waals surface area (Å²) in [7, 11) is 0. The molecule has 4 rings (SSSR count). The molecule has 1 aromatic heterocycles. The number of benzene rings is 2. The number of rotatable bonds is 11. The van der Waals surface area contributed by atoms with Gasteiger partial charge in [0.15, 0.2) is 5.43 Å². The van der Waals surface area contributed by atoms with E-state index in [-0.39, 0.29) is 17.3 Å². The highest BCUT2D eigenvalue weighted by atomic mass is 16.5. The minimum atomic E-state index is -0.0431. The molecule has 1 saturated carbocycles. The Bertz CT molecular complexity index is 1140. The molecule has 1 heterocycles. The van der Waals surface area contributed by atoms with Crippen LogP contribution in [-0.2, 0) is 4.79 Å². The lowest BCUT2D eigenvalue weighted by Crippen LogP contribution is -2.35. The Morgan fingerprint density at radius 1 is 1.15 bits per heavy atom.